The van der Waals surface area contributed by atoms with Crippen LogP contribution in [0.1, 0.15) is 15.9 Å². The third kappa shape index (κ3) is 3.77. The van der Waals surface area contributed by atoms with Gasteiger partial charge in [-0.15, -0.1) is 0 Å². The van der Waals surface area contributed by atoms with Crippen molar-refractivity contribution in [2.75, 3.05) is 0 Å². The van der Waals surface area contributed by atoms with Crippen molar-refractivity contribution in [1.29, 1.82) is 0 Å². The van der Waals surface area contributed by atoms with Gasteiger partial charge < -0.3 is 5.11 Å². The molecule has 3 rings (SSSR count). The van der Waals surface area contributed by atoms with Crippen molar-refractivity contribution in [2.45, 2.75) is 0 Å². The van der Waals surface area contributed by atoms with E-state index >= 15 is 0 Å². The van der Waals surface area contributed by atoms with Gasteiger partial charge in [0.25, 0.3) is 11.5 Å². The summed E-state index contributed by atoms with van der Waals surface area (Å²) in [5, 5.41) is 14.2. The lowest BCUT2D eigenvalue weighted by Gasteiger charge is -2.10. The molecule has 9 nitrogen and oxygen atoms in total. The smallest absolute Gasteiger partial charge is 0.335 e. The van der Waals surface area contributed by atoms with E-state index in [-0.39, 0.29) is 16.3 Å². The Morgan fingerprint density at radius 3 is 2.63 bits per heavy atom. The zero-order chi connectivity index (χ0) is 19.4. The van der Waals surface area contributed by atoms with E-state index in [4.69, 9.17) is 11.6 Å². The van der Waals surface area contributed by atoms with E-state index in [0.717, 1.165) is 10.8 Å². The Morgan fingerprint density at radius 2 is 1.93 bits per heavy atom. The fraction of sp³-hybridized carbons (Fsp3) is 0. The topological polar surface area (TPSA) is 129 Å². The average Bonchev–Trinajstić information content (AvgIpc) is 2.66. The van der Waals surface area contributed by atoms with E-state index in [0.29, 0.717) is 5.56 Å². The molecule has 0 unspecified atom stereocenters. The Balaban J connectivity index is 1.96. The average molecular weight is 386 g/mol. The standard InChI is InChI=1S/C17H12ClN5O4/c18-12-3-1-2-4-13(12)23-16(26)11(15(25)21-17(23)27)9-20-22-14(24)10-5-7-19-8-6-10/h1-9,26H,(H,22,24)(H,21,25,27). The fourth-order valence-electron chi connectivity index (χ4n) is 2.23. The first kappa shape index (κ1) is 18.1. The number of rotatable bonds is 4. The molecule has 0 fully saturated rings. The fourth-order valence-corrected chi connectivity index (χ4v) is 2.46. The maximum atomic E-state index is 12.1. The van der Waals surface area contributed by atoms with Crippen molar-refractivity contribution in [1.82, 2.24) is 20.0 Å². The molecule has 0 saturated heterocycles. The molecule has 27 heavy (non-hydrogen) atoms. The van der Waals surface area contributed by atoms with E-state index in [1.54, 1.807) is 12.1 Å². The maximum absolute atomic E-state index is 12.1. The lowest BCUT2D eigenvalue weighted by Crippen LogP contribution is -2.31. The third-order valence-electron chi connectivity index (χ3n) is 3.52. The number of hydrazone groups is 1. The molecule has 0 radical (unpaired) electrons. The summed E-state index contributed by atoms with van der Waals surface area (Å²) < 4.78 is 0.829. The maximum Gasteiger partial charge on any atom is 0.335 e. The Bertz CT molecular complexity index is 1140. The number of nitrogens with one attached hydrogen (secondary N) is 2. The first-order valence-electron chi connectivity index (χ1n) is 7.55. The van der Waals surface area contributed by atoms with E-state index in [2.05, 4.69) is 20.5 Å². The molecule has 136 valence electrons. The van der Waals surface area contributed by atoms with Gasteiger partial charge in [-0.2, -0.15) is 5.10 Å². The largest absolute Gasteiger partial charge is 0.493 e. The second-order valence-corrected chi connectivity index (χ2v) is 5.63. The molecule has 2 heterocycles. The second kappa shape index (κ2) is 7.67. The minimum Gasteiger partial charge on any atom is -0.493 e. The number of aromatic amines is 1. The van der Waals surface area contributed by atoms with Crippen LogP contribution in [0, 0.1) is 0 Å². The number of carbonyl (C=O) groups is 1. The predicted molar refractivity (Wildman–Crippen MR) is 98.6 cm³/mol. The van der Waals surface area contributed by atoms with Gasteiger partial charge in [0.05, 0.1) is 16.9 Å². The number of halogens is 1. The van der Waals surface area contributed by atoms with Crippen molar-refractivity contribution < 1.29 is 9.90 Å². The normalized spacial score (nSPS) is 10.9. The molecule has 0 saturated carbocycles. The van der Waals surface area contributed by atoms with Crippen LogP contribution in [0.25, 0.3) is 5.69 Å². The number of benzene rings is 1. The molecular formula is C17H12ClN5O4. The highest BCUT2D eigenvalue weighted by Crippen LogP contribution is 2.22. The molecule has 0 aliphatic heterocycles. The van der Waals surface area contributed by atoms with Gasteiger partial charge in [0.2, 0.25) is 5.88 Å². The zero-order valence-electron chi connectivity index (χ0n) is 13.6. The van der Waals surface area contributed by atoms with Crippen molar-refractivity contribution >= 4 is 23.7 Å². The minimum atomic E-state index is -0.872. The number of nitrogens with zero attached hydrogens (tertiary/aromatic N) is 3. The molecule has 10 heteroatoms. The van der Waals surface area contributed by atoms with E-state index in [9.17, 15) is 19.5 Å². The summed E-state index contributed by atoms with van der Waals surface area (Å²) in [6, 6.07) is 9.24. The second-order valence-electron chi connectivity index (χ2n) is 5.22. The van der Waals surface area contributed by atoms with Crippen molar-refractivity contribution in [3.05, 3.63) is 85.8 Å². The number of hydrogen-bond donors (Lipinski definition) is 3. The number of H-pyrrole nitrogens is 1. The van der Waals surface area contributed by atoms with Crippen LogP contribution in [0.15, 0.2) is 63.5 Å². The van der Waals surface area contributed by atoms with Crippen LogP contribution in [0.2, 0.25) is 5.02 Å². The lowest BCUT2D eigenvalue weighted by atomic mass is 10.2. The first-order chi connectivity index (χ1) is 13.0. The highest BCUT2D eigenvalue weighted by atomic mass is 35.5. The van der Waals surface area contributed by atoms with Gasteiger partial charge in [0, 0.05) is 18.0 Å². The van der Waals surface area contributed by atoms with Gasteiger partial charge in [0.1, 0.15) is 5.56 Å². The minimum absolute atomic E-state index is 0.174. The highest BCUT2D eigenvalue weighted by molar-refractivity contribution is 6.32. The Hall–Kier alpha value is -3.72. The van der Waals surface area contributed by atoms with Crippen molar-refractivity contribution in [2.24, 2.45) is 5.10 Å². The molecule has 0 atom stereocenters. The van der Waals surface area contributed by atoms with Crippen LogP contribution < -0.4 is 16.7 Å². The summed E-state index contributed by atoms with van der Waals surface area (Å²) >= 11 is 6.05. The number of aromatic nitrogens is 3. The Kier molecular flexibility index (Phi) is 5.13. The van der Waals surface area contributed by atoms with Gasteiger partial charge in [-0.3, -0.25) is 19.6 Å². The molecule has 2 aromatic heterocycles. The molecule has 3 N–H and O–H groups in total. The van der Waals surface area contributed by atoms with E-state index in [1.807, 2.05) is 0 Å². The summed E-state index contributed by atoms with van der Waals surface area (Å²) in [6.45, 7) is 0. The molecule has 3 aromatic rings. The Labute approximate surface area is 156 Å². The number of carbonyl (C=O) groups excluding carboxylic acids is 1. The van der Waals surface area contributed by atoms with Crippen LogP contribution in [-0.2, 0) is 0 Å². The monoisotopic (exact) mass is 385 g/mol. The van der Waals surface area contributed by atoms with Crippen LogP contribution in [0.4, 0.5) is 0 Å². The number of amides is 1. The van der Waals surface area contributed by atoms with E-state index < -0.39 is 23.0 Å². The van der Waals surface area contributed by atoms with Gasteiger partial charge in [-0.05, 0) is 24.3 Å². The zero-order valence-corrected chi connectivity index (χ0v) is 14.3. The van der Waals surface area contributed by atoms with Gasteiger partial charge in [0.15, 0.2) is 0 Å². The van der Waals surface area contributed by atoms with Crippen LogP contribution in [-0.4, -0.2) is 31.8 Å². The summed E-state index contributed by atoms with van der Waals surface area (Å²) in [6.07, 6.45) is 3.81. The SMILES string of the molecule is O=C(NN=Cc1c(O)n(-c2ccccc2Cl)c(=O)[nH]c1=O)c1ccncc1. The first-order valence-corrected chi connectivity index (χ1v) is 7.93. The lowest BCUT2D eigenvalue weighted by molar-refractivity contribution is 0.0955. The third-order valence-corrected chi connectivity index (χ3v) is 3.84. The van der Waals surface area contributed by atoms with Crippen LogP contribution in [0.3, 0.4) is 0 Å². The predicted octanol–water partition coefficient (Wildman–Crippen LogP) is 1.04. The summed E-state index contributed by atoms with van der Waals surface area (Å²) in [5.41, 5.74) is 0.620. The van der Waals surface area contributed by atoms with Crippen LogP contribution in [0.5, 0.6) is 5.88 Å². The summed E-state index contributed by atoms with van der Waals surface area (Å²) in [7, 11) is 0. The van der Waals surface area contributed by atoms with E-state index in [1.165, 1.54) is 36.7 Å². The number of aromatic hydroxyl groups is 1. The summed E-state index contributed by atoms with van der Waals surface area (Å²) in [4.78, 5) is 41.9. The molecule has 0 spiro atoms. The number of hydrogen-bond acceptors (Lipinski definition) is 6. The molecule has 0 aliphatic rings. The molecule has 0 bridgehead atoms. The number of pyridine rings is 1. The number of para-hydroxylation sites is 1. The van der Waals surface area contributed by atoms with Crippen molar-refractivity contribution in [3.63, 3.8) is 0 Å². The summed E-state index contributed by atoms with van der Waals surface area (Å²) in [5.74, 6) is -1.21. The molecular weight excluding hydrogens is 374 g/mol. The quantitative estimate of drug-likeness (QED) is 0.456. The Morgan fingerprint density at radius 1 is 1.22 bits per heavy atom. The van der Waals surface area contributed by atoms with Crippen LogP contribution >= 0.6 is 11.6 Å². The molecule has 1 aromatic carbocycles. The van der Waals surface area contributed by atoms with Gasteiger partial charge in [-0.1, -0.05) is 23.7 Å². The van der Waals surface area contributed by atoms with Crippen molar-refractivity contribution in [3.8, 4) is 11.6 Å². The van der Waals surface area contributed by atoms with Gasteiger partial charge >= 0.3 is 5.69 Å². The molecule has 1 amide bonds. The van der Waals surface area contributed by atoms with Gasteiger partial charge in [-0.25, -0.2) is 14.8 Å². The highest BCUT2D eigenvalue weighted by Gasteiger charge is 2.16. The molecule has 0 aliphatic carbocycles.